The summed E-state index contributed by atoms with van der Waals surface area (Å²) in [5.41, 5.74) is 5.43. The summed E-state index contributed by atoms with van der Waals surface area (Å²) < 4.78 is 0. The normalized spacial score (nSPS) is 17.7. The number of rotatable bonds is 5. The van der Waals surface area contributed by atoms with Crippen molar-refractivity contribution in [2.75, 3.05) is 11.9 Å². The average Bonchev–Trinajstić information content (AvgIpc) is 3.29. The fraction of sp³-hybridized carbons (Fsp3) is 0.333. The molecule has 0 aliphatic carbocycles. The number of nitrogens with zero attached hydrogens (tertiary/aromatic N) is 5. The van der Waals surface area contributed by atoms with E-state index in [2.05, 4.69) is 56.6 Å². The summed E-state index contributed by atoms with van der Waals surface area (Å²) >= 11 is 1.45. The molecule has 1 N–H and O–H groups in total. The van der Waals surface area contributed by atoms with Crippen molar-refractivity contribution in [3.05, 3.63) is 59.0 Å². The lowest BCUT2D eigenvalue weighted by Gasteiger charge is -2.24. The van der Waals surface area contributed by atoms with E-state index in [1.165, 1.54) is 28.9 Å². The Kier molecular flexibility index (Phi) is 4.67. The van der Waals surface area contributed by atoms with Gasteiger partial charge in [0, 0.05) is 6.54 Å². The van der Waals surface area contributed by atoms with Gasteiger partial charge in [0.2, 0.25) is 5.13 Å². The Hall–Kier alpha value is -2.38. The van der Waals surface area contributed by atoms with Gasteiger partial charge in [-0.1, -0.05) is 35.6 Å². The van der Waals surface area contributed by atoms with Crippen molar-refractivity contribution < 1.29 is 0 Å². The van der Waals surface area contributed by atoms with Crippen LogP contribution < -0.4 is 5.32 Å². The molecular formula is C18H20N6S. The Bertz CT molecular complexity index is 835. The maximum absolute atomic E-state index is 4.77. The van der Waals surface area contributed by atoms with Gasteiger partial charge in [0.25, 0.3) is 0 Å². The Labute approximate surface area is 151 Å². The molecule has 3 aromatic rings. The van der Waals surface area contributed by atoms with Crippen molar-refractivity contribution in [2.24, 2.45) is 0 Å². The third-order valence-electron chi connectivity index (χ3n) is 4.59. The largest absolute Gasteiger partial charge is 0.313 e. The molecule has 3 heterocycles. The van der Waals surface area contributed by atoms with Crippen LogP contribution in [0, 0.1) is 6.92 Å². The highest BCUT2D eigenvalue weighted by atomic mass is 32.1. The van der Waals surface area contributed by atoms with Gasteiger partial charge in [-0.15, -0.1) is 10.2 Å². The molecule has 1 aliphatic heterocycles. The highest BCUT2D eigenvalue weighted by Crippen LogP contribution is 2.33. The Morgan fingerprint density at radius 2 is 2.20 bits per heavy atom. The fourth-order valence-corrected chi connectivity index (χ4v) is 3.75. The molecular weight excluding hydrogens is 332 g/mol. The first kappa shape index (κ1) is 16.1. The predicted octanol–water partition coefficient (Wildman–Crippen LogP) is 3.72. The highest BCUT2D eigenvalue weighted by molar-refractivity contribution is 7.13. The van der Waals surface area contributed by atoms with E-state index >= 15 is 0 Å². The topological polar surface area (TPSA) is 66.8 Å². The SMILES string of the molecule is Cc1ccccc1CN1CCC[C@@H]1c1cncc(Nc2nncs2)n1. The van der Waals surface area contributed by atoms with Crippen molar-refractivity contribution in [3.8, 4) is 0 Å². The van der Waals surface area contributed by atoms with Crippen LogP contribution in [0.1, 0.15) is 35.7 Å². The molecule has 25 heavy (non-hydrogen) atoms. The van der Waals surface area contributed by atoms with Gasteiger partial charge in [-0.2, -0.15) is 0 Å². The molecule has 0 amide bonds. The van der Waals surface area contributed by atoms with E-state index in [9.17, 15) is 0 Å². The van der Waals surface area contributed by atoms with Gasteiger partial charge in [-0.05, 0) is 37.4 Å². The molecule has 0 unspecified atom stereocenters. The van der Waals surface area contributed by atoms with Crippen LogP contribution in [0.2, 0.25) is 0 Å². The molecule has 1 saturated heterocycles. The lowest BCUT2D eigenvalue weighted by Crippen LogP contribution is -2.24. The minimum Gasteiger partial charge on any atom is -0.313 e. The minimum absolute atomic E-state index is 0.309. The van der Waals surface area contributed by atoms with Gasteiger partial charge in [0.15, 0.2) is 5.82 Å². The van der Waals surface area contributed by atoms with Crippen molar-refractivity contribution in [2.45, 2.75) is 32.4 Å². The number of likely N-dealkylation sites (tertiary alicyclic amines) is 1. The van der Waals surface area contributed by atoms with Crippen LogP contribution in [0.5, 0.6) is 0 Å². The zero-order valence-electron chi connectivity index (χ0n) is 14.1. The molecule has 0 radical (unpaired) electrons. The first-order chi connectivity index (χ1) is 12.3. The highest BCUT2D eigenvalue weighted by Gasteiger charge is 2.27. The van der Waals surface area contributed by atoms with E-state index in [0.717, 1.165) is 36.2 Å². The average molecular weight is 352 g/mol. The van der Waals surface area contributed by atoms with Gasteiger partial charge in [0.1, 0.15) is 5.51 Å². The quantitative estimate of drug-likeness (QED) is 0.755. The van der Waals surface area contributed by atoms with E-state index in [-0.39, 0.29) is 0 Å². The number of anilines is 2. The number of aromatic nitrogens is 4. The van der Waals surface area contributed by atoms with Gasteiger partial charge in [-0.3, -0.25) is 9.88 Å². The monoisotopic (exact) mass is 352 g/mol. The fourth-order valence-electron chi connectivity index (χ4n) is 3.30. The summed E-state index contributed by atoms with van der Waals surface area (Å²) in [6.07, 6.45) is 5.91. The van der Waals surface area contributed by atoms with Crippen LogP contribution in [-0.2, 0) is 6.54 Å². The van der Waals surface area contributed by atoms with E-state index in [0.29, 0.717) is 6.04 Å². The second kappa shape index (κ2) is 7.25. The van der Waals surface area contributed by atoms with Crippen LogP contribution in [-0.4, -0.2) is 31.6 Å². The first-order valence-electron chi connectivity index (χ1n) is 8.43. The van der Waals surface area contributed by atoms with Crippen LogP contribution in [0.25, 0.3) is 0 Å². The molecule has 4 rings (SSSR count). The summed E-state index contributed by atoms with van der Waals surface area (Å²) in [5, 5.41) is 11.7. The summed E-state index contributed by atoms with van der Waals surface area (Å²) in [4.78, 5) is 11.6. The van der Waals surface area contributed by atoms with Gasteiger partial charge in [0.05, 0.1) is 24.1 Å². The molecule has 6 nitrogen and oxygen atoms in total. The first-order valence-corrected chi connectivity index (χ1v) is 9.31. The lowest BCUT2D eigenvalue weighted by molar-refractivity contribution is 0.243. The molecule has 0 bridgehead atoms. The Morgan fingerprint density at radius 3 is 3.04 bits per heavy atom. The minimum atomic E-state index is 0.309. The number of hydrogen-bond donors (Lipinski definition) is 1. The van der Waals surface area contributed by atoms with Crippen molar-refractivity contribution in [1.29, 1.82) is 0 Å². The van der Waals surface area contributed by atoms with Crippen molar-refractivity contribution in [1.82, 2.24) is 25.1 Å². The standard InChI is InChI=1S/C18H20N6S/c1-13-5-2-3-6-14(13)11-24-8-4-7-16(24)15-9-19-10-17(21-15)22-18-23-20-12-25-18/h2-3,5-6,9-10,12,16H,4,7-8,11H2,1H3,(H,21,22,23)/t16-/m1/s1. The van der Waals surface area contributed by atoms with Crippen LogP contribution in [0.3, 0.4) is 0 Å². The van der Waals surface area contributed by atoms with E-state index in [4.69, 9.17) is 4.98 Å². The third-order valence-corrected chi connectivity index (χ3v) is 5.19. The van der Waals surface area contributed by atoms with Gasteiger partial charge < -0.3 is 5.32 Å². The zero-order valence-corrected chi connectivity index (χ0v) is 14.9. The smallest absolute Gasteiger partial charge is 0.211 e. The lowest BCUT2D eigenvalue weighted by atomic mass is 10.1. The van der Waals surface area contributed by atoms with E-state index < -0.39 is 0 Å². The molecule has 0 spiro atoms. The maximum Gasteiger partial charge on any atom is 0.211 e. The number of nitrogens with one attached hydrogen (secondary N) is 1. The number of benzene rings is 1. The second-order valence-corrected chi connectivity index (χ2v) is 7.09. The van der Waals surface area contributed by atoms with Crippen LogP contribution >= 0.6 is 11.3 Å². The summed E-state index contributed by atoms with van der Waals surface area (Å²) in [6, 6.07) is 8.90. The third kappa shape index (κ3) is 3.67. The number of hydrogen-bond acceptors (Lipinski definition) is 7. The summed E-state index contributed by atoms with van der Waals surface area (Å²) in [6.45, 7) is 4.22. The summed E-state index contributed by atoms with van der Waals surface area (Å²) in [5.74, 6) is 0.719. The van der Waals surface area contributed by atoms with Crippen molar-refractivity contribution >= 4 is 22.3 Å². The van der Waals surface area contributed by atoms with E-state index in [1.807, 2.05) is 6.20 Å². The molecule has 0 saturated carbocycles. The summed E-state index contributed by atoms with van der Waals surface area (Å²) in [7, 11) is 0. The Balaban J connectivity index is 1.53. The second-order valence-electron chi connectivity index (χ2n) is 6.25. The van der Waals surface area contributed by atoms with E-state index in [1.54, 1.807) is 11.7 Å². The van der Waals surface area contributed by atoms with Gasteiger partial charge in [-0.25, -0.2) is 4.98 Å². The Morgan fingerprint density at radius 1 is 1.28 bits per heavy atom. The van der Waals surface area contributed by atoms with Crippen molar-refractivity contribution in [3.63, 3.8) is 0 Å². The molecule has 1 fully saturated rings. The molecule has 1 atom stereocenters. The molecule has 1 aromatic carbocycles. The molecule has 7 heteroatoms. The molecule has 128 valence electrons. The maximum atomic E-state index is 4.77. The zero-order chi connectivity index (χ0) is 17.1. The van der Waals surface area contributed by atoms with Crippen LogP contribution in [0.4, 0.5) is 10.9 Å². The van der Waals surface area contributed by atoms with Gasteiger partial charge >= 0.3 is 0 Å². The molecule has 2 aromatic heterocycles. The van der Waals surface area contributed by atoms with Crippen LogP contribution in [0.15, 0.2) is 42.2 Å². The molecule has 1 aliphatic rings. The number of aryl methyl sites for hydroxylation is 1. The predicted molar refractivity (Wildman–Crippen MR) is 98.8 cm³/mol.